The highest BCUT2D eigenvalue weighted by Gasteiger charge is 2.29. The van der Waals surface area contributed by atoms with Gasteiger partial charge in [-0.1, -0.05) is 62.4 Å². The zero-order valence-corrected chi connectivity index (χ0v) is 19.2. The average molecular weight is 453 g/mol. The van der Waals surface area contributed by atoms with Gasteiger partial charge in [0, 0.05) is 25.4 Å². The smallest absolute Gasteiger partial charge is 0.407 e. The summed E-state index contributed by atoms with van der Waals surface area (Å²) in [5.41, 5.74) is 4.62. The van der Waals surface area contributed by atoms with Crippen molar-refractivity contribution in [3.8, 4) is 11.1 Å². The van der Waals surface area contributed by atoms with E-state index < -0.39 is 18.0 Å². The number of carbonyl (C=O) groups is 3. The van der Waals surface area contributed by atoms with Gasteiger partial charge in [0.1, 0.15) is 6.61 Å². The van der Waals surface area contributed by atoms with Gasteiger partial charge in [-0.3, -0.25) is 9.59 Å². The van der Waals surface area contributed by atoms with E-state index in [2.05, 4.69) is 34.9 Å². The predicted octanol–water partition coefficient (Wildman–Crippen LogP) is 4.17. The molecule has 0 aromatic heterocycles. The first kappa shape index (κ1) is 24.3. The lowest BCUT2D eigenvalue weighted by Gasteiger charge is -2.20. The van der Waals surface area contributed by atoms with Crippen molar-refractivity contribution in [1.82, 2.24) is 10.6 Å². The number of amides is 2. The number of carbonyl (C=O) groups excluding carboxylic acids is 2. The summed E-state index contributed by atoms with van der Waals surface area (Å²) in [6, 6.07) is 16.3. The Hall–Kier alpha value is -3.35. The second-order valence-electron chi connectivity index (χ2n) is 8.82. The van der Waals surface area contributed by atoms with Crippen LogP contribution in [-0.2, 0) is 14.3 Å². The molecule has 3 rings (SSSR count). The molecule has 7 nitrogen and oxygen atoms in total. The molecular weight excluding hydrogens is 420 g/mol. The highest BCUT2D eigenvalue weighted by molar-refractivity contribution is 5.80. The molecule has 1 aliphatic rings. The second-order valence-corrected chi connectivity index (χ2v) is 8.82. The highest BCUT2D eigenvalue weighted by atomic mass is 16.5. The molecule has 33 heavy (non-hydrogen) atoms. The van der Waals surface area contributed by atoms with Gasteiger partial charge in [0.25, 0.3) is 0 Å². The third-order valence-electron chi connectivity index (χ3n) is 5.83. The Kier molecular flexibility index (Phi) is 8.46. The van der Waals surface area contributed by atoms with E-state index in [1.165, 1.54) is 11.1 Å². The van der Waals surface area contributed by atoms with Crippen LogP contribution in [0.25, 0.3) is 11.1 Å². The van der Waals surface area contributed by atoms with Crippen molar-refractivity contribution in [2.45, 2.75) is 39.0 Å². The molecule has 2 aromatic rings. The van der Waals surface area contributed by atoms with Gasteiger partial charge in [-0.05, 0) is 41.0 Å². The SMILES string of the molecule is CC(C)CC(CNC(=O)OCC1c2ccccc2-c2ccccc21)C(=O)NCCCC(=O)O. The van der Waals surface area contributed by atoms with E-state index in [4.69, 9.17) is 9.84 Å². The summed E-state index contributed by atoms with van der Waals surface area (Å²) < 4.78 is 5.55. The fourth-order valence-electron chi connectivity index (χ4n) is 4.30. The van der Waals surface area contributed by atoms with Gasteiger partial charge in [-0.2, -0.15) is 0 Å². The fourth-order valence-corrected chi connectivity index (χ4v) is 4.30. The number of ether oxygens (including phenoxy) is 1. The molecule has 0 saturated carbocycles. The first-order valence-corrected chi connectivity index (χ1v) is 11.4. The monoisotopic (exact) mass is 452 g/mol. The van der Waals surface area contributed by atoms with E-state index in [0.29, 0.717) is 19.4 Å². The molecule has 0 fully saturated rings. The molecule has 7 heteroatoms. The third kappa shape index (κ3) is 6.57. The molecule has 176 valence electrons. The fraction of sp³-hybridized carbons (Fsp3) is 0.423. The van der Waals surface area contributed by atoms with Crippen molar-refractivity contribution in [2.75, 3.05) is 19.7 Å². The van der Waals surface area contributed by atoms with Crippen molar-refractivity contribution < 1.29 is 24.2 Å². The molecule has 1 atom stereocenters. The molecule has 0 radical (unpaired) electrons. The van der Waals surface area contributed by atoms with E-state index in [0.717, 1.165) is 11.1 Å². The topological polar surface area (TPSA) is 105 Å². The number of carboxylic acid groups (broad SMARTS) is 1. The summed E-state index contributed by atoms with van der Waals surface area (Å²) in [7, 11) is 0. The third-order valence-corrected chi connectivity index (χ3v) is 5.83. The van der Waals surface area contributed by atoms with E-state index in [-0.39, 0.29) is 37.3 Å². The van der Waals surface area contributed by atoms with Crippen molar-refractivity contribution in [3.05, 3.63) is 59.7 Å². The maximum Gasteiger partial charge on any atom is 0.407 e. The maximum atomic E-state index is 12.5. The number of nitrogens with one attached hydrogen (secondary N) is 2. The van der Waals surface area contributed by atoms with Crippen LogP contribution >= 0.6 is 0 Å². The quantitative estimate of drug-likeness (QED) is 0.444. The Balaban J connectivity index is 1.53. The van der Waals surface area contributed by atoms with Crippen LogP contribution in [-0.4, -0.2) is 42.8 Å². The maximum absolute atomic E-state index is 12.5. The summed E-state index contributed by atoms with van der Waals surface area (Å²) in [5.74, 6) is -1.24. The molecule has 0 bridgehead atoms. The van der Waals surface area contributed by atoms with Crippen LogP contribution in [0.15, 0.2) is 48.5 Å². The van der Waals surface area contributed by atoms with Gasteiger partial charge >= 0.3 is 12.1 Å². The number of fused-ring (bicyclic) bond motifs is 3. The van der Waals surface area contributed by atoms with Gasteiger partial charge in [-0.15, -0.1) is 0 Å². The van der Waals surface area contributed by atoms with Crippen LogP contribution in [0.2, 0.25) is 0 Å². The van der Waals surface area contributed by atoms with E-state index in [9.17, 15) is 14.4 Å². The molecule has 3 N–H and O–H groups in total. The molecule has 2 amide bonds. The molecule has 0 heterocycles. The van der Waals surface area contributed by atoms with Crippen LogP contribution in [0.1, 0.15) is 50.2 Å². The second kappa shape index (κ2) is 11.5. The summed E-state index contributed by atoms with van der Waals surface area (Å²) in [6.45, 7) is 4.70. The normalized spacial score (nSPS) is 13.2. The van der Waals surface area contributed by atoms with E-state index >= 15 is 0 Å². The van der Waals surface area contributed by atoms with Gasteiger partial charge in [0.05, 0.1) is 5.92 Å². The summed E-state index contributed by atoms with van der Waals surface area (Å²) in [5, 5.41) is 14.2. The molecule has 2 aromatic carbocycles. The highest BCUT2D eigenvalue weighted by Crippen LogP contribution is 2.44. The van der Waals surface area contributed by atoms with Gasteiger partial charge < -0.3 is 20.5 Å². The lowest BCUT2D eigenvalue weighted by molar-refractivity contribution is -0.137. The van der Waals surface area contributed by atoms with Crippen molar-refractivity contribution in [2.24, 2.45) is 11.8 Å². The number of hydrogen-bond acceptors (Lipinski definition) is 4. The Morgan fingerprint density at radius 1 is 0.970 bits per heavy atom. The first-order valence-electron chi connectivity index (χ1n) is 11.4. The predicted molar refractivity (Wildman–Crippen MR) is 126 cm³/mol. The Morgan fingerprint density at radius 3 is 2.15 bits per heavy atom. The van der Waals surface area contributed by atoms with Gasteiger partial charge in [-0.25, -0.2) is 4.79 Å². The van der Waals surface area contributed by atoms with Crippen LogP contribution in [0, 0.1) is 11.8 Å². The molecule has 0 spiro atoms. The molecule has 1 unspecified atom stereocenters. The molecule has 0 saturated heterocycles. The number of aliphatic carboxylic acids is 1. The minimum Gasteiger partial charge on any atom is -0.481 e. The number of carboxylic acids is 1. The van der Waals surface area contributed by atoms with Crippen molar-refractivity contribution >= 4 is 18.0 Å². The average Bonchev–Trinajstić information content (AvgIpc) is 3.11. The zero-order chi connectivity index (χ0) is 23.8. The standard InChI is InChI=1S/C26H32N2O5/c1-17(2)14-18(25(31)27-13-7-12-24(29)30)15-28-26(32)33-16-23-21-10-5-3-8-19(21)20-9-4-6-11-22(20)23/h3-6,8-11,17-18,23H,7,12-16H2,1-2H3,(H,27,31)(H,28,32)(H,29,30). The Bertz CT molecular complexity index is 943. The van der Waals surface area contributed by atoms with Crippen molar-refractivity contribution in [1.29, 1.82) is 0 Å². The first-order chi connectivity index (χ1) is 15.9. The number of benzene rings is 2. The van der Waals surface area contributed by atoms with Crippen LogP contribution in [0.4, 0.5) is 4.79 Å². The van der Waals surface area contributed by atoms with E-state index in [1.54, 1.807) is 0 Å². The summed E-state index contributed by atoms with van der Waals surface area (Å²) >= 11 is 0. The number of hydrogen-bond donors (Lipinski definition) is 3. The molecular formula is C26H32N2O5. The van der Waals surface area contributed by atoms with Crippen LogP contribution in [0.3, 0.4) is 0 Å². The largest absolute Gasteiger partial charge is 0.481 e. The Morgan fingerprint density at radius 2 is 1.58 bits per heavy atom. The van der Waals surface area contributed by atoms with Gasteiger partial charge in [0.2, 0.25) is 5.91 Å². The van der Waals surface area contributed by atoms with Crippen LogP contribution in [0.5, 0.6) is 0 Å². The summed E-state index contributed by atoms with van der Waals surface area (Å²) in [6.07, 6.45) is 0.431. The van der Waals surface area contributed by atoms with E-state index in [1.807, 2.05) is 38.1 Å². The van der Waals surface area contributed by atoms with Crippen molar-refractivity contribution in [3.63, 3.8) is 0 Å². The number of rotatable bonds is 11. The minimum absolute atomic E-state index is 0.00707. The molecule has 1 aliphatic carbocycles. The van der Waals surface area contributed by atoms with Gasteiger partial charge in [0.15, 0.2) is 0 Å². The lowest BCUT2D eigenvalue weighted by Crippen LogP contribution is -2.40. The molecule has 0 aliphatic heterocycles. The Labute approximate surface area is 194 Å². The minimum atomic E-state index is -0.889. The number of alkyl carbamates (subject to hydrolysis) is 1. The zero-order valence-electron chi connectivity index (χ0n) is 19.2. The lowest BCUT2D eigenvalue weighted by atomic mass is 9.96. The van der Waals surface area contributed by atoms with Crippen LogP contribution < -0.4 is 10.6 Å². The summed E-state index contributed by atoms with van der Waals surface area (Å²) in [4.78, 5) is 35.6.